The number of hydrogen-bond acceptors (Lipinski definition) is 6. The summed E-state index contributed by atoms with van der Waals surface area (Å²) in [7, 11) is 1.83. The predicted molar refractivity (Wildman–Crippen MR) is 72.2 cm³/mol. The van der Waals surface area contributed by atoms with Gasteiger partial charge in [0.2, 0.25) is 5.89 Å². The maximum atomic E-state index is 5.60. The molecule has 1 aromatic carbocycles. The summed E-state index contributed by atoms with van der Waals surface area (Å²) in [5, 5.41) is 13.7. The minimum Gasteiger partial charge on any atom is -0.492 e. The maximum Gasteiger partial charge on any atom is 0.315 e. The molecule has 0 spiro atoms. The van der Waals surface area contributed by atoms with Crippen molar-refractivity contribution in [1.29, 1.82) is 0 Å². The number of nitrogens with zero attached hydrogens (tertiary/aromatic N) is 2. The smallest absolute Gasteiger partial charge is 0.315 e. The van der Waals surface area contributed by atoms with Crippen molar-refractivity contribution in [1.82, 2.24) is 15.5 Å². The first-order valence-electron chi connectivity index (χ1n) is 6.18. The van der Waals surface area contributed by atoms with Gasteiger partial charge in [-0.3, -0.25) is 0 Å². The molecule has 0 radical (unpaired) electrons. The molecule has 0 bridgehead atoms. The van der Waals surface area contributed by atoms with Crippen molar-refractivity contribution in [3.05, 3.63) is 35.7 Å². The van der Waals surface area contributed by atoms with Crippen molar-refractivity contribution >= 4 is 6.01 Å². The lowest BCUT2D eigenvalue weighted by atomic mass is 10.2. The van der Waals surface area contributed by atoms with Crippen molar-refractivity contribution < 1.29 is 9.15 Å². The molecule has 0 fully saturated rings. The fraction of sp³-hybridized carbons (Fsp3) is 0.385. The standard InChI is InChI=1S/C13H18N4O2/c1-10-4-3-5-11(8-10)18-7-6-15-13-17-16-12(19-13)9-14-2/h3-5,8,14H,6-7,9H2,1-2H3,(H,15,17). The van der Waals surface area contributed by atoms with Gasteiger partial charge < -0.3 is 19.8 Å². The van der Waals surface area contributed by atoms with Gasteiger partial charge in [-0.25, -0.2) is 0 Å². The summed E-state index contributed by atoms with van der Waals surface area (Å²) in [6.07, 6.45) is 0. The van der Waals surface area contributed by atoms with Gasteiger partial charge in [0.15, 0.2) is 0 Å². The molecule has 0 aliphatic rings. The molecule has 1 aromatic heterocycles. The van der Waals surface area contributed by atoms with Crippen LogP contribution in [-0.4, -0.2) is 30.4 Å². The number of ether oxygens (including phenoxy) is 1. The molecule has 0 amide bonds. The van der Waals surface area contributed by atoms with Crippen molar-refractivity contribution in [3.63, 3.8) is 0 Å². The van der Waals surface area contributed by atoms with Gasteiger partial charge in [-0.1, -0.05) is 17.2 Å². The lowest BCUT2D eigenvalue weighted by Gasteiger charge is -2.06. The van der Waals surface area contributed by atoms with E-state index in [0.717, 1.165) is 5.75 Å². The summed E-state index contributed by atoms with van der Waals surface area (Å²) in [6.45, 7) is 3.74. The summed E-state index contributed by atoms with van der Waals surface area (Å²) < 4.78 is 10.9. The Labute approximate surface area is 112 Å². The maximum absolute atomic E-state index is 5.60. The van der Waals surface area contributed by atoms with E-state index in [2.05, 4.69) is 20.8 Å². The number of aromatic nitrogens is 2. The first-order chi connectivity index (χ1) is 9.28. The largest absolute Gasteiger partial charge is 0.492 e. The van der Waals surface area contributed by atoms with Gasteiger partial charge in [0, 0.05) is 0 Å². The molecule has 0 saturated heterocycles. The third-order valence-electron chi connectivity index (χ3n) is 2.43. The molecule has 6 heteroatoms. The fourth-order valence-corrected chi connectivity index (χ4v) is 1.58. The van der Waals surface area contributed by atoms with Crippen LogP contribution in [0.1, 0.15) is 11.5 Å². The number of nitrogens with one attached hydrogen (secondary N) is 2. The second-order valence-electron chi connectivity index (χ2n) is 4.12. The van der Waals surface area contributed by atoms with Crippen LogP contribution in [0.3, 0.4) is 0 Å². The van der Waals surface area contributed by atoms with E-state index in [1.165, 1.54) is 5.56 Å². The zero-order valence-corrected chi connectivity index (χ0v) is 11.1. The zero-order valence-electron chi connectivity index (χ0n) is 11.1. The van der Waals surface area contributed by atoms with Gasteiger partial charge >= 0.3 is 6.01 Å². The van der Waals surface area contributed by atoms with Gasteiger partial charge in [0.05, 0.1) is 13.1 Å². The average molecular weight is 262 g/mol. The Bertz CT molecular complexity index is 513. The van der Waals surface area contributed by atoms with E-state index in [0.29, 0.717) is 31.6 Å². The summed E-state index contributed by atoms with van der Waals surface area (Å²) in [5.74, 6) is 1.42. The van der Waals surface area contributed by atoms with E-state index in [9.17, 15) is 0 Å². The van der Waals surface area contributed by atoms with E-state index in [1.807, 2.05) is 38.2 Å². The Morgan fingerprint density at radius 2 is 2.21 bits per heavy atom. The van der Waals surface area contributed by atoms with Crippen LogP contribution >= 0.6 is 0 Å². The Morgan fingerprint density at radius 1 is 1.32 bits per heavy atom. The summed E-state index contributed by atoms with van der Waals surface area (Å²) >= 11 is 0. The first-order valence-corrected chi connectivity index (χ1v) is 6.18. The Kier molecular flexibility index (Phi) is 4.74. The lowest BCUT2D eigenvalue weighted by molar-refractivity contribution is 0.331. The second kappa shape index (κ2) is 6.75. The van der Waals surface area contributed by atoms with Crippen molar-refractivity contribution in [2.75, 3.05) is 25.5 Å². The molecule has 0 unspecified atom stereocenters. The van der Waals surface area contributed by atoms with Crippen molar-refractivity contribution in [3.8, 4) is 5.75 Å². The zero-order chi connectivity index (χ0) is 13.5. The molecule has 2 N–H and O–H groups in total. The minimum absolute atomic E-state index is 0.415. The first kappa shape index (κ1) is 13.4. The highest BCUT2D eigenvalue weighted by atomic mass is 16.5. The summed E-state index contributed by atoms with van der Waals surface area (Å²) in [5.41, 5.74) is 1.18. The molecule has 0 atom stereocenters. The highest BCUT2D eigenvalue weighted by molar-refractivity contribution is 5.27. The third kappa shape index (κ3) is 4.26. The fourth-order valence-electron chi connectivity index (χ4n) is 1.58. The lowest BCUT2D eigenvalue weighted by Crippen LogP contribution is -2.11. The van der Waals surface area contributed by atoms with Crippen LogP contribution < -0.4 is 15.4 Å². The van der Waals surface area contributed by atoms with Crippen LogP contribution in [0.15, 0.2) is 28.7 Å². The van der Waals surface area contributed by atoms with Gasteiger partial charge in [-0.05, 0) is 31.7 Å². The van der Waals surface area contributed by atoms with E-state index >= 15 is 0 Å². The molecule has 1 heterocycles. The van der Waals surface area contributed by atoms with Crippen LogP contribution in [0.2, 0.25) is 0 Å². The Morgan fingerprint density at radius 3 is 3.00 bits per heavy atom. The third-order valence-corrected chi connectivity index (χ3v) is 2.43. The molecule has 0 aliphatic heterocycles. The minimum atomic E-state index is 0.415. The Balaban J connectivity index is 1.71. The average Bonchev–Trinajstić information content (AvgIpc) is 2.83. The van der Waals surface area contributed by atoms with Crippen LogP contribution in [0.4, 0.5) is 6.01 Å². The summed E-state index contributed by atoms with van der Waals surface area (Å²) in [6, 6.07) is 8.35. The van der Waals surface area contributed by atoms with Crippen LogP contribution in [0.25, 0.3) is 0 Å². The van der Waals surface area contributed by atoms with Gasteiger partial charge in [0.25, 0.3) is 0 Å². The van der Waals surface area contributed by atoms with E-state index in [-0.39, 0.29) is 0 Å². The van der Waals surface area contributed by atoms with E-state index in [4.69, 9.17) is 9.15 Å². The number of anilines is 1. The van der Waals surface area contributed by atoms with Gasteiger partial charge in [-0.2, -0.15) is 0 Å². The van der Waals surface area contributed by atoms with Gasteiger partial charge in [0.1, 0.15) is 12.4 Å². The van der Waals surface area contributed by atoms with Crippen molar-refractivity contribution in [2.24, 2.45) is 0 Å². The number of rotatable bonds is 7. The highest BCUT2D eigenvalue weighted by Gasteiger charge is 2.03. The summed E-state index contributed by atoms with van der Waals surface area (Å²) in [4.78, 5) is 0. The molecule has 2 aromatic rings. The monoisotopic (exact) mass is 262 g/mol. The molecule has 6 nitrogen and oxygen atoms in total. The topological polar surface area (TPSA) is 72.2 Å². The number of benzene rings is 1. The van der Waals surface area contributed by atoms with E-state index in [1.54, 1.807) is 0 Å². The SMILES string of the molecule is CNCc1nnc(NCCOc2cccc(C)c2)o1. The van der Waals surface area contributed by atoms with Crippen LogP contribution in [0, 0.1) is 6.92 Å². The molecule has 19 heavy (non-hydrogen) atoms. The second-order valence-corrected chi connectivity index (χ2v) is 4.12. The molecule has 102 valence electrons. The molecule has 0 saturated carbocycles. The predicted octanol–water partition coefficient (Wildman–Crippen LogP) is 1.59. The molecular formula is C13H18N4O2. The number of hydrogen-bond donors (Lipinski definition) is 2. The normalized spacial score (nSPS) is 10.4. The molecule has 2 rings (SSSR count). The van der Waals surface area contributed by atoms with Crippen molar-refractivity contribution in [2.45, 2.75) is 13.5 Å². The van der Waals surface area contributed by atoms with E-state index < -0.39 is 0 Å². The molecule has 0 aliphatic carbocycles. The van der Waals surface area contributed by atoms with Gasteiger partial charge in [-0.15, -0.1) is 5.10 Å². The molecular weight excluding hydrogens is 244 g/mol. The Hall–Kier alpha value is -2.08. The highest BCUT2D eigenvalue weighted by Crippen LogP contribution is 2.12. The number of aryl methyl sites for hydroxylation is 1. The van der Waals surface area contributed by atoms with Crippen LogP contribution in [-0.2, 0) is 6.54 Å². The quantitative estimate of drug-likeness (QED) is 0.738. The van der Waals surface area contributed by atoms with Crippen LogP contribution in [0.5, 0.6) is 5.75 Å².